The Kier molecular flexibility index (Phi) is 4.27. The van der Waals surface area contributed by atoms with Gasteiger partial charge in [-0.05, 0) is 35.2 Å². The summed E-state index contributed by atoms with van der Waals surface area (Å²) in [6.45, 7) is 5.30. The molecule has 1 amide bonds. The lowest BCUT2D eigenvalue weighted by molar-refractivity contribution is -0.125. The third-order valence-corrected chi connectivity index (χ3v) is 4.81. The van der Waals surface area contributed by atoms with Crippen molar-refractivity contribution >= 4 is 35.7 Å². The molecule has 0 atom stereocenters. The first-order valence-corrected chi connectivity index (χ1v) is 7.92. The summed E-state index contributed by atoms with van der Waals surface area (Å²) < 4.78 is 0. The molecule has 0 unspecified atom stereocenters. The molecule has 3 rings (SSSR count). The van der Waals surface area contributed by atoms with E-state index < -0.39 is 0 Å². The van der Waals surface area contributed by atoms with Crippen LogP contribution in [0.4, 0.5) is 0 Å². The molecular formula is C18H16ClNOS. The Morgan fingerprint density at radius 1 is 1.18 bits per heavy atom. The van der Waals surface area contributed by atoms with Gasteiger partial charge in [0.1, 0.15) is 0 Å². The average Bonchev–Trinajstić information content (AvgIpc) is 2.55. The number of fused-ring (bicyclic) bond motifs is 1. The van der Waals surface area contributed by atoms with E-state index in [0.717, 1.165) is 12.0 Å². The Labute approximate surface area is 140 Å². The van der Waals surface area contributed by atoms with Gasteiger partial charge in [-0.1, -0.05) is 48.5 Å². The molecule has 0 aromatic heterocycles. The van der Waals surface area contributed by atoms with Crippen LogP contribution in [0.1, 0.15) is 16.7 Å². The first kappa shape index (κ1) is 15.2. The Hall–Kier alpha value is -1.71. The molecule has 1 aliphatic rings. The van der Waals surface area contributed by atoms with Crippen LogP contribution in [-0.4, -0.2) is 17.4 Å². The van der Waals surface area contributed by atoms with E-state index in [0.29, 0.717) is 28.6 Å². The molecule has 4 heteroatoms. The standard InChI is InChI=1S/C18H16ClNOS/c1-12(14-6-7-17(22)16(19)10-14)18(21)20-9-8-13-4-2-3-5-15(13)11-20/h2-7,10,22H,1,8-9,11H2. The minimum atomic E-state index is -0.0440. The lowest BCUT2D eigenvalue weighted by atomic mass is 9.98. The highest BCUT2D eigenvalue weighted by Crippen LogP contribution is 2.27. The van der Waals surface area contributed by atoms with Gasteiger partial charge >= 0.3 is 0 Å². The number of hydrogen-bond acceptors (Lipinski definition) is 2. The number of rotatable bonds is 2. The maximum absolute atomic E-state index is 12.7. The highest BCUT2D eigenvalue weighted by molar-refractivity contribution is 7.80. The van der Waals surface area contributed by atoms with Gasteiger partial charge in [0.05, 0.1) is 5.02 Å². The molecule has 2 aromatic carbocycles. The van der Waals surface area contributed by atoms with Crippen molar-refractivity contribution in [1.82, 2.24) is 4.90 Å². The molecule has 2 aromatic rings. The lowest BCUT2D eigenvalue weighted by Crippen LogP contribution is -2.36. The summed E-state index contributed by atoms with van der Waals surface area (Å²) >= 11 is 10.3. The molecular weight excluding hydrogens is 314 g/mol. The van der Waals surface area contributed by atoms with Crippen LogP contribution in [0.2, 0.25) is 5.02 Å². The molecule has 1 aliphatic heterocycles. The van der Waals surface area contributed by atoms with Crippen LogP contribution in [0.15, 0.2) is 53.9 Å². The Morgan fingerprint density at radius 3 is 2.64 bits per heavy atom. The highest BCUT2D eigenvalue weighted by atomic mass is 35.5. The summed E-state index contributed by atoms with van der Waals surface area (Å²) in [5.74, 6) is -0.0440. The molecule has 0 N–H and O–H groups in total. The van der Waals surface area contributed by atoms with Crippen molar-refractivity contribution in [3.05, 3.63) is 70.8 Å². The van der Waals surface area contributed by atoms with Crippen molar-refractivity contribution < 1.29 is 4.79 Å². The predicted molar refractivity (Wildman–Crippen MR) is 93.3 cm³/mol. The minimum absolute atomic E-state index is 0.0440. The summed E-state index contributed by atoms with van der Waals surface area (Å²) in [7, 11) is 0. The zero-order valence-electron chi connectivity index (χ0n) is 12.1. The largest absolute Gasteiger partial charge is 0.334 e. The van der Waals surface area contributed by atoms with Gasteiger partial charge in [0, 0.05) is 23.6 Å². The van der Waals surface area contributed by atoms with Crippen molar-refractivity contribution in [3.8, 4) is 0 Å². The molecule has 2 nitrogen and oxygen atoms in total. The predicted octanol–water partition coefficient (Wildman–Crippen LogP) is 4.23. The van der Waals surface area contributed by atoms with Crippen molar-refractivity contribution in [2.75, 3.05) is 6.54 Å². The molecule has 0 bridgehead atoms. The third kappa shape index (κ3) is 2.92. The topological polar surface area (TPSA) is 20.3 Å². The number of halogens is 1. The second-order valence-electron chi connectivity index (χ2n) is 5.39. The van der Waals surface area contributed by atoms with E-state index in [9.17, 15) is 4.79 Å². The molecule has 0 radical (unpaired) electrons. The van der Waals surface area contributed by atoms with E-state index in [2.05, 4.69) is 31.3 Å². The summed E-state index contributed by atoms with van der Waals surface area (Å²) in [6, 6.07) is 13.6. The molecule has 112 valence electrons. The van der Waals surface area contributed by atoms with Crippen molar-refractivity contribution in [1.29, 1.82) is 0 Å². The summed E-state index contributed by atoms with van der Waals surface area (Å²) in [5.41, 5.74) is 3.74. The van der Waals surface area contributed by atoms with E-state index in [4.69, 9.17) is 11.6 Å². The first-order valence-electron chi connectivity index (χ1n) is 7.10. The second-order valence-corrected chi connectivity index (χ2v) is 6.28. The van der Waals surface area contributed by atoms with Crippen LogP contribution in [0.3, 0.4) is 0 Å². The maximum atomic E-state index is 12.7. The minimum Gasteiger partial charge on any atom is -0.334 e. The van der Waals surface area contributed by atoms with Crippen molar-refractivity contribution in [2.24, 2.45) is 0 Å². The van der Waals surface area contributed by atoms with Crippen LogP contribution in [0, 0.1) is 0 Å². The van der Waals surface area contributed by atoms with E-state index in [1.165, 1.54) is 11.1 Å². The zero-order chi connectivity index (χ0) is 15.7. The first-order chi connectivity index (χ1) is 10.6. The smallest absolute Gasteiger partial charge is 0.254 e. The molecule has 0 saturated carbocycles. The Balaban J connectivity index is 1.79. The number of hydrogen-bond donors (Lipinski definition) is 1. The summed E-state index contributed by atoms with van der Waals surface area (Å²) in [6.07, 6.45) is 0.880. The van der Waals surface area contributed by atoms with E-state index in [1.54, 1.807) is 12.1 Å². The fourth-order valence-corrected chi connectivity index (χ4v) is 3.00. The van der Waals surface area contributed by atoms with Gasteiger partial charge in [-0.25, -0.2) is 0 Å². The van der Waals surface area contributed by atoms with Gasteiger partial charge in [-0.3, -0.25) is 4.79 Å². The number of nitrogens with zero attached hydrogens (tertiary/aromatic N) is 1. The molecule has 0 spiro atoms. The Morgan fingerprint density at radius 2 is 1.91 bits per heavy atom. The molecule has 0 saturated heterocycles. The van der Waals surface area contributed by atoms with Gasteiger partial charge in [0.2, 0.25) is 0 Å². The fraction of sp³-hybridized carbons (Fsp3) is 0.167. The van der Waals surface area contributed by atoms with Crippen LogP contribution < -0.4 is 0 Å². The summed E-state index contributed by atoms with van der Waals surface area (Å²) in [4.78, 5) is 15.2. The van der Waals surface area contributed by atoms with Gasteiger partial charge in [0.15, 0.2) is 0 Å². The Bertz CT molecular complexity index is 757. The van der Waals surface area contributed by atoms with Crippen LogP contribution >= 0.6 is 24.2 Å². The zero-order valence-corrected chi connectivity index (χ0v) is 13.7. The van der Waals surface area contributed by atoms with Gasteiger partial charge < -0.3 is 4.90 Å². The van der Waals surface area contributed by atoms with E-state index >= 15 is 0 Å². The third-order valence-electron chi connectivity index (χ3n) is 3.97. The monoisotopic (exact) mass is 329 g/mol. The number of amides is 1. The van der Waals surface area contributed by atoms with E-state index in [1.807, 2.05) is 23.1 Å². The number of carbonyl (C=O) groups is 1. The average molecular weight is 330 g/mol. The van der Waals surface area contributed by atoms with Crippen molar-refractivity contribution in [3.63, 3.8) is 0 Å². The normalized spacial score (nSPS) is 13.6. The quantitative estimate of drug-likeness (QED) is 0.646. The highest BCUT2D eigenvalue weighted by Gasteiger charge is 2.23. The summed E-state index contributed by atoms with van der Waals surface area (Å²) in [5, 5.41) is 0.527. The van der Waals surface area contributed by atoms with Crippen LogP contribution in [0.5, 0.6) is 0 Å². The van der Waals surface area contributed by atoms with Gasteiger partial charge in [0.25, 0.3) is 5.91 Å². The fourth-order valence-electron chi connectivity index (χ4n) is 2.68. The van der Waals surface area contributed by atoms with Gasteiger partial charge in [-0.2, -0.15) is 0 Å². The van der Waals surface area contributed by atoms with Crippen LogP contribution in [0.25, 0.3) is 5.57 Å². The van der Waals surface area contributed by atoms with Crippen LogP contribution in [-0.2, 0) is 17.8 Å². The molecule has 22 heavy (non-hydrogen) atoms. The SMILES string of the molecule is C=C(C(=O)N1CCc2ccccc2C1)c1ccc(S)c(Cl)c1. The lowest BCUT2D eigenvalue weighted by Gasteiger charge is -2.29. The molecule has 0 fully saturated rings. The second kappa shape index (κ2) is 6.19. The molecule has 1 heterocycles. The van der Waals surface area contributed by atoms with Gasteiger partial charge in [-0.15, -0.1) is 12.6 Å². The van der Waals surface area contributed by atoms with E-state index in [-0.39, 0.29) is 5.91 Å². The van der Waals surface area contributed by atoms with Crippen molar-refractivity contribution in [2.45, 2.75) is 17.9 Å². The maximum Gasteiger partial charge on any atom is 0.254 e. The number of carbonyl (C=O) groups excluding carboxylic acids is 1. The molecule has 0 aliphatic carbocycles. The number of thiol groups is 1. The number of benzene rings is 2.